The van der Waals surface area contributed by atoms with Crippen LogP contribution in [0.5, 0.6) is 5.75 Å². The summed E-state index contributed by atoms with van der Waals surface area (Å²) in [5, 5.41) is 10.7. The summed E-state index contributed by atoms with van der Waals surface area (Å²) >= 11 is 0. The number of nitrogens with zero attached hydrogens (tertiary/aromatic N) is 1. The molecule has 0 atom stereocenters. The van der Waals surface area contributed by atoms with Crippen LogP contribution in [0.1, 0.15) is 11.1 Å². The van der Waals surface area contributed by atoms with Gasteiger partial charge < -0.3 is 4.18 Å². The van der Waals surface area contributed by atoms with Gasteiger partial charge >= 0.3 is 10.1 Å². The molecule has 0 fully saturated rings. The van der Waals surface area contributed by atoms with Gasteiger partial charge in [-0.2, -0.15) is 8.42 Å². The number of nitro benzene ring substituents is 1. The number of rotatable bonds is 4. The fourth-order valence-electron chi connectivity index (χ4n) is 1.69. The van der Waals surface area contributed by atoms with Crippen LogP contribution in [-0.4, -0.2) is 13.3 Å². The SMILES string of the molecule is Cc1ccc(S(=O)(=O)Oc2cccc([N+](=O)[O-])c2)cc1C. The van der Waals surface area contributed by atoms with Crippen molar-refractivity contribution in [3.8, 4) is 5.75 Å². The molecule has 2 aromatic carbocycles. The van der Waals surface area contributed by atoms with Gasteiger partial charge in [0.25, 0.3) is 5.69 Å². The van der Waals surface area contributed by atoms with Gasteiger partial charge in [-0.1, -0.05) is 12.1 Å². The Balaban J connectivity index is 2.35. The third kappa shape index (κ3) is 3.38. The zero-order valence-corrected chi connectivity index (χ0v) is 12.3. The lowest BCUT2D eigenvalue weighted by Crippen LogP contribution is -2.10. The van der Waals surface area contributed by atoms with Crippen LogP contribution in [0.15, 0.2) is 47.4 Å². The predicted molar refractivity (Wildman–Crippen MR) is 76.8 cm³/mol. The second kappa shape index (κ2) is 5.53. The number of non-ortho nitro benzene ring substituents is 1. The smallest absolute Gasteiger partial charge is 0.339 e. The Morgan fingerprint density at radius 2 is 1.76 bits per heavy atom. The molecule has 7 heteroatoms. The first-order valence-electron chi connectivity index (χ1n) is 6.06. The van der Waals surface area contributed by atoms with Crippen LogP contribution in [0.2, 0.25) is 0 Å². The highest BCUT2D eigenvalue weighted by molar-refractivity contribution is 7.87. The number of nitro groups is 1. The maximum Gasteiger partial charge on any atom is 0.339 e. The minimum atomic E-state index is -4.02. The first kappa shape index (κ1) is 15.0. The fraction of sp³-hybridized carbons (Fsp3) is 0.143. The molecule has 0 aliphatic carbocycles. The van der Waals surface area contributed by atoms with E-state index < -0.39 is 15.0 Å². The van der Waals surface area contributed by atoms with Gasteiger partial charge in [-0.05, 0) is 43.2 Å². The van der Waals surface area contributed by atoms with Crippen molar-refractivity contribution in [1.29, 1.82) is 0 Å². The summed E-state index contributed by atoms with van der Waals surface area (Å²) < 4.78 is 29.2. The first-order chi connectivity index (χ1) is 9.79. The quantitative estimate of drug-likeness (QED) is 0.492. The monoisotopic (exact) mass is 307 g/mol. The van der Waals surface area contributed by atoms with E-state index in [2.05, 4.69) is 0 Å². The summed E-state index contributed by atoms with van der Waals surface area (Å²) in [4.78, 5) is 10.1. The van der Waals surface area contributed by atoms with Gasteiger partial charge in [-0.25, -0.2) is 0 Å². The average Bonchev–Trinajstić information content (AvgIpc) is 2.41. The van der Waals surface area contributed by atoms with Gasteiger partial charge in [-0.3, -0.25) is 10.1 Å². The average molecular weight is 307 g/mol. The Hall–Kier alpha value is -2.41. The van der Waals surface area contributed by atoms with E-state index in [0.717, 1.165) is 17.2 Å². The zero-order chi connectivity index (χ0) is 15.6. The molecule has 0 spiro atoms. The number of benzene rings is 2. The molecular formula is C14H13NO5S. The van der Waals surface area contributed by atoms with Crippen LogP contribution >= 0.6 is 0 Å². The molecule has 0 aromatic heterocycles. The summed E-state index contributed by atoms with van der Waals surface area (Å²) in [6.45, 7) is 3.66. The van der Waals surface area contributed by atoms with E-state index in [4.69, 9.17) is 4.18 Å². The van der Waals surface area contributed by atoms with Crippen molar-refractivity contribution in [1.82, 2.24) is 0 Å². The van der Waals surface area contributed by atoms with Crippen molar-refractivity contribution in [2.24, 2.45) is 0 Å². The third-order valence-corrected chi connectivity index (χ3v) is 4.24. The van der Waals surface area contributed by atoms with Crippen LogP contribution in [0.4, 0.5) is 5.69 Å². The topological polar surface area (TPSA) is 86.5 Å². The molecule has 0 saturated carbocycles. The van der Waals surface area contributed by atoms with Gasteiger partial charge in [0.2, 0.25) is 0 Å². The summed E-state index contributed by atoms with van der Waals surface area (Å²) in [6.07, 6.45) is 0. The Morgan fingerprint density at radius 1 is 1.05 bits per heavy atom. The fourth-order valence-corrected chi connectivity index (χ4v) is 2.70. The Bertz CT molecular complexity index is 799. The lowest BCUT2D eigenvalue weighted by Gasteiger charge is -2.08. The van der Waals surface area contributed by atoms with Crippen LogP contribution in [0.3, 0.4) is 0 Å². The molecule has 6 nitrogen and oxygen atoms in total. The molecule has 0 aliphatic rings. The molecule has 0 N–H and O–H groups in total. The Morgan fingerprint density at radius 3 is 2.38 bits per heavy atom. The summed E-state index contributed by atoms with van der Waals surface area (Å²) in [7, 11) is -4.02. The van der Waals surface area contributed by atoms with E-state index in [-0.39, 0.29) is 16.3 Å². The van der Waals surface area contributed by atoms with Crippen molar-refractivity contribution >= 4 is 15.8 Å². The summed E-state index contributed by atoms with van der Waals surface area (Å²) in [5.41, 5.74) is 1.55. The Labute approximate surface area is 122 Å². The molecule has 21 heavy (non-hydrogen) atoms. The standard InChI is InChI=1S/C14H13NO5S/c1-10-6-7-14(8-11(10)2)21(18,19)20-13-5-3-4-12(9-13)15(16)17/h3-9H,1-2H3. The minimum Gasteiger partial charge on any atom is -0.379 e. The van der Waals surface area contributed by atoms with Crippen LogP contribution in [0, 0.1) is 24.0 Å². The predicted octanol–water partition coefficient (Wildman–Crippen LogP) is 2.98. The molecule has 0 aliphatic heterocycles. The molecule has 0 heterocycles. The van der Waals surface area contributed by atoms with E-state index >= 15 is 0 Å². The number of hydrogen-bond donors (Lipinski definition) is 0. The highest BCUT2D eigenvalue weighted by atomic mass is 32.2. The first-order valence-corrected chi connectivity index (χ1v) is 7.46. The van der Waals surface area contributed by atoms with Crippen LogP contribution < -0.4 is 4.18 Å². The van der Waals surface area contributed by atoms with E-state index in [9.17, 15) is 18.5 Å². The number of hydrogen-bond acceptors (Lipinski definition) is 5. The van der Waals surface area contributed by atoms with Crippen LogP contribution in [0.25, 0.3) is 0 Å². The normalized spacial score (nSPS) is 11.1. The van der Waals surface area contributed by atoms with E-state index in [1.165, 1.54) is 30.3 Å². The molecule has 0 unspecified atom stereocenters. The molecule has 110 valence electrons. The van der Waals surface area contributed by atoms with Crippen molar-refractivity contribution in [3.05, 3.63) is 63.7 Å². The molecule has 0 bridgehead atoms. The molecule has 0 amide bonds. The van der Waals surface area contributed by atoms with Crippen molar-refractivity contribution in [2.75, 3.05) is 0 Å². The second-order valence-electron chi connectivity index (χ2n) is 4.54. The summed E-state index contributed by atoms with van der Waals surface area (Å²) in [6, 6.07) is 9.67. The van der Waals surface area contributed by atoms with E-state index in [1.54, 1.807) is 13.0 Å². The van der Waals surface area contributed by atoms with Crippen molar-refractivity contribution < 1.29 is 17.5 Å². The van der Waals surface area contributed by atoms with Gasteiger partial charge in [0.15, 0.2) is 0 Å². The lowest BCUT2D eigenvalue weighted by molar-refractivity contribution is -0.384. The highest BCUT2D eigenvalue weighted by Crippen LogP contribution is 2.24. The van der Waals surface area contributed by atoms with Gasteiger partial charge in [0, 0.05) is 6.07 Å². The molecule has 2 aromatic rings. The largest absolute Gasteiger partial charge is 0.379 e. The maximum atomic E-state index is 12.2. The lowest BCUT2D eigenvalue weighted by atomic mass is 10.1. The van der Waals surface area contributed by atoms with Crippen molar-refractivity contribution in [2.45, 2.75) is 18.7 Å². The molecular weight excluding hydrogens is 294 g/mol. The molecule has 0 radical (unpaired) electrons. The van der Waals surface area contributed by atoms with Crippen molar-refractivity contribution in [3.63, 3.8) is 0 Å². The minimum absolute atomic E-state index is 0.0112. The number of aryl methyl sites for hydroxylation is 2. The molecule has 0 saturated heterocycles. The van der Waals surface area contributed by atoms with Gasteiger partial charge in [0.05, 0.1) is 11.0 Å². The second-order valence-corrected chi connectivity index (χ2v) is 6.08. The van der Waals surface area contributed by atoms with Gasteiger partial charge in [0.1, 0.15) is 10.6 Å². The van der Waals surface area contributed by atoms with Gasteiger partial charge in [-0.15, -0.1) is 0 Å². The van der Waals surface area contributed by atoms with Crippen LogP contribution in [-0.2, 0) is 10.1 Å². The van der Waals surface area contributed by atoms with E-state index in [0.29, 0.717) is 0 Å². The molecule has 2 rings (SSSR count). The maximum absolute atomic E-state index is 12.2. The summed E-state index contributed by atoms with van der Waals surface area (Å²) in [5.74, 6) is -0.0950. The third-order valence-electron chi connectivity index (χ3n) is 3.00. The Kier molecular flexibility index (Phi) is 3.95. The van der Waals surface area contributed by atoms with E-state index in [1.807, 2.05) is 6.92 Å². The highest BCUT2D eigenvalue weighted by Gasteiger charge is 2.18. The zero-order valence-electron chi connectivity index (χ0n) is 11.4.